The molecule has 3 heterocycles. The Morgan fingerprint density at radius 1 is 1.56 bits per heavy atom. The second-order valence-corrected chi connectivity index (χ2v) is 4.64. The van der Waals surface area contributed by atoms with E-state index in [2.05, 4.69) is 21.9 Å². The Labute approximate surface area is 105 Å². The zero-order valence-electron chi connectivity index (χ0n) is 10.3. The van der Waals surface area contributed by atoms with Crippen LogP contribution in [-0.2, 0) is 11.3 Å². The summed E-state index contributed by atoms with van der Waals surface area (Å²) in [5.74, 6) is 0. The predicted molar refractivity (Wildman–Crippen MR) is 66.7 cm³/mol. The van der Waals surface area contributed by atoms with Crippen LogP contribution in [0.1, 0.15) is 31.9 Å². The number of aromatic amines is 1. The molecule has 0 aliphatic carbocycles. The minimum absolute atomic E-state index is 0.0629. The molecule has 96 valence electrons. The number of nitrogens with zero attached hydrogens (tertiary/aromatic N) is 3. The third-order valence-electron chi connectivity index (χ3n) is 3.48. The van der Waals surface area contributed by atoms with Gasteiger partial charge in [0.05, 0.1) is 31.0 Å². The molecule has 1 aromatic rings. The van der Waals surface area contributed by atoms with Crippen LogP contribution in [0.2, 0.25) is 0 Å². The molecule has 1 N–H and O–H groups in total. The van der Waals surface area contributed by atoms with Crippen LogP contribution in [0.3, 0.4) is 0 Å². The van der Waals surface area contributed by atoms with E-state index in [9.17, 15) is 4.79 Å². The van der Waals surface area contributed by atoms with Crippen molar-refractivity contribution in [1.29, 1.82) is 0 Å². The molecule has 0 radical (unpaired) electrons. The van der Waals surface area contributed by atoms with E-state index < -0.39 is 0 Å². The van der Waals surface area contributed by atoms with Crippen LogP contribution in [-0.4, -0.2) is 33.5 Å². The topological polar surface area (TPSA) is 70.6 Å². The monoisotopic (exact) mass is 248 g/mol. The summed E-state index contributed by atoms with van der Waals surface area (Å²) in [6, 6.07) is 0. The highest BCUT2D eigenvalue weighted by Crippen LogP contribution is 2.27. The van der Waals surface area contributed by atoms with Crippen molar-refractivity contribution in [1.82, 2.24) is 14.9 Å². The largest absolute Gasteiger partial charge is 0.355 e. The lowest BCUT2D eigenvalue weighted by molar-refractivity contribution is -0.0259. The SMILES string of the molecule is CCC1CCC(N2C=Nc3c(nc[nH]c3=O)C2)O1. The van der Waals surface area contributed by atoms with Gasteiger partial charge in [0.25, 0.3) is 5.56 Å². The quantitative estimate of drug-likeness (QED) is 0.852. The van der Waals surface area contributed by atoms with Crippen molar-refractivity contribution >= 4 is 12.0 Å². The van der Waals surface area contributed by atoms with Crippen molar-refractivity contribution in [2.45, 2.75) is 45.1 Å². The van der Waals surface area contributed by atoms with Gasteiger partial charge in [-0.1, -0.05) is 6.92 Å². The molecule has 2 atom stereocenters. The first-order chi connectivity index (χ1) is 8.78. The van der Waals surface area contributed by atoms with Crippen LogP contribution in [0.15, 0.2) is 16.1 Å². The van der Waals surface area contributed by atoms with Gasteiger partial charge in [0, 0.05) is 0 Å². The van der Waals surface area contributed by atoms with Gasteiger partial charge in [-0.15, -0.1) is 0 Å². The number of hydrogen-bond acceptors (Lipinski definition) is 5. The smallest absolute Gasteiger partial charge is 0.276 e. The number of fused-ring (bicyclic) bond motifs is 1. The van der Waals surface area contributed by atoms with Gasteiger partial charge in [0.15, 0.2) is 5.69 Å². The van der Waals surface area contributed by atoms with Gasteiger partial charge < -0.3 is 14.6 Å². The fourth-order valence-electron chi connectivity index (χ4n) is 2.43. The van der Waals surface area contributed by atoms with Gasteiger partial charge >= 0.3 is 0 Å². The third kappa shape index (κ3) is 1.92. The van der Waals surface area contributed by atoms with Gasteiger partial charge in [0.2, 0.25) is 0 Å². The molecule has 0 amide bonds. The van der Waals surface area contributed by atoms with Crippen molar-refractivity contribution in [3.05, 3.63) is 22.4 Å². The number of aliphatic imine (C=N–C) groups is 1. The lowest BCUT2D eigenvalue weighted by Gasteiger charge is -2.28. The molecule has 0 spiro atoms. The maximum Gasteiger partial charge on any atom is 0.276 e. The van der Waals surface area contributed by atoms with E-state index in [1.807, 2.05) is 4.90 Å². The minimum Gasteiger partial charge on any atom is -0.355 e. The molecule has 6 heteroatoms. The number of ether oxygens (including phenoxy) is 1. The van der Waals surface area contributed by atoms with E-state index in [-0.39, 0.29) is 11.8 Å². The van der Waals surface area contributed by atoms with Crippen LogP contribution in [0, 0.1) is 0 Å². The van der Waals surface area contributed by atoms with Crippen molar-refractivity contribution in [3.8, 4) is 0 Å². The van der Waals surface area contributed by atoms with Crippen LogP contribution >= 0.6 is 0 Å². The average Bonchev–Trinajstić information content (AvgIpc) is 2.87. The van der Waals surface area contributed by atoms with Crippen molar-refractivity contribution < 1.29 is 4.74 Å². The Hall–Kier alpha value is -1.69. The Morgan fingerprint density at radius 2 is 2.44 bits per heavy atom. The number of aromatic nitrogens is 2. The van der Waals surface area contributed by atoms with E-state index >= 15 is 0 Å². The average molecular weight is 248 g/mol. The molecule has 1 saturated heterocycles. The molecular weight excluding hydrogens is 232 g/mol. The fourth-order valence-corrected chi connectivity index (χ4v) is 2.43. The number of H-pyrrole nitrogens is 1. The molecular formula is C12H16N4O2. The van der Waals surface area contributed by atoms with Gasteiger partial charge in [-0.2, -0.15) is 0 Å². The number of rotatable bonds is 2. The Balaban J connectivity index is 1.78. The second kappa shape index (κ2) is 4.53. The van der Waals surface area contributed by atoms with E-state index in [0.717, 1.165) is 19.3 Å². The molecule has 18 heavy (non-hydrogen) atoms. The third-order valence-corrected chi connectivity index (χ3v) is 3.48. The zero-order valence-corrected chi connectivity index (χ0v) is 10.3. The van der Waals surface area contributed by atoms with Gasteiger partial charge in [-0.05, 0) is 19.3 Å². The summed E-state index contributed by atoms with van der Waals surface area (Å²) in [4.78, 5) is 24.4. The molecule has 1 aromatic heterocycles. The highest BCUT2D eigenvalue weighted by atomic mass is 16.5. The lowest BCUT2D eigenvalue weighted by atomic mass is 10.2. The van der Waals surface area contributed by atoms with E-state index in [4.69, 9.17) is 4.74 Å². The van der Waals surface area contributed by atoms with Gasteiger partial charge in [-0.3, -0.25) is 4.79 Å². The zero-order chi connectivity index (χ0) is 12.5. The summed E-state index contributed by atoms with van der Waals surface area (Å²) >= 11 is 0. The lowest BCUT2D eigenvalue weighted by Crippen LogP contribution is -2.36. The molecule has 0 bridgehead atoms. The predicted octanol–water partition coefficient (Wildman–Crippen LogP) is 1.16. The first-order valence-corrected chi connectivity index (χ1v) is 6.30. The van der Waals surface area contributed by atoms with Gasteiger partial charge in [0.1, 0.15) is 6.23 Å². The maximum absolute atomic E-state index is 11.5. The van der Waals surface area contributed by atoms with E-state index in [0.29, 0.717) is 24.0 Å². The van der Waals surface area contributed by atoms with Crippen LogP contribution in [0.4, 0.5) is 5.69 Å². The van der Waals surface area contributed by atoms with Gasteiger partial charge in [-0.25, -0.2) is 9.98 Å². The van der Waals surface area contributed by atoms with Crippen LogP contribution in [0.25, 0.3) is 0 Å². The molecule has 0 saturated carbocycles. The molecule has 2 aliphatic rings. The minimum atomic E-state index is -0.185. The van der Waals surface area contributed by atoms with Crippen molar-refractivity contribution in [3.63, 3.8) is 0 Å². The first-order valence-electron chi connectivity index (χ1n) is 6.30. The summed E-state index contributed by atoms with van der Waals surface area (Å²) in [6.45, 7) is 2.72. The highest BCUT2D eigenvalue weighted by Gasteiger charge is 2.30. The summed E-state index contributed by atoms with van der Waals surface area (Å²) in [6.07, 6.45) is 6.65. The summed E-state index contributed by atoms with van der Waals surface area (Å²) in [5.41, 5.74) is 0.943. The Bertz CT molecular complexity index is 525. The molecule has 2 aliphatic heterocycles. The maximum atomic E-state index is 11.5. The Morgan fingerprint density at radius 3 is 3.22 bits per heavy atom. The molecule has 2 unspecified atom stereocenters. The first kappa shape index (κ1) is 11.4. The normalized spacial score (nSPS) is 26.4. The van der Waals surface area contributed by atoms with Crippen molar-refractivity contribution in [2.24, 2.45) is 4.99 Å². The summed E-state index contributed by atoms with van der Waals surface area (Å²) < 4.78 is 5.92. The van der Waals surface area contributed by atoms with E-state index in [1.54, 1.807) is 6.34 Å². The molecule has 6 nitrogen and oxygen atoms in total. The molecule has 3 rings (SSSR count). The molecule has 1 fully saturated rings. The van der Waals surface area contributed by atoms with Crippen molar-refractivity contribution in [2.75, 3.05) is 0 Å². The fraction of sp³-hybridized carbons (Fsp3) is 0.583. The van der Waals surface area contributed by atoms with E-state index in [1.165, 1.54) is 6.33 Å². The number of hydrogen-bond donors (Lipinski definition) is 1. The summed E-state index contributed by atoms with van der Waals surface area (Å²) in [7, 11) is 0. The van der Waals surface area contributed by atoms with Crippen LogP contribution < -0.4 is 5.56 Å². The highest BCUT2D eigenvalue weighted by molar-refractivity contribution is 5.65. The number of nitrogens with one attached hydrogen (secondary N) is 1. The summed E-state index contributed by atoms with van der Waals surface area (Å²) in [5, 5.41) is 0. The second-order valence-electron chi connectivity index (χ2n) is 4.64. The Kier molecular flexibility index (Phi) is 2.87. The molecule has 0 aromatic carbocycles. The van der Waals surface area contributed by atoms with Crippen LogP contribution in [0.5, 0.6) is 0 Å². The standard InChI is InChI=1S/C12H16N4O2/c1-2-8-3-4-10(18-8)16-5-9-11(15-7-16)12(17)14-6-13-9/h6-8,10H,2-5H2,1H3,(H,13,14,17).